The first-order valence-corrected chi connectivity index (χ1v) is 8.60. The lowest BCUT2D eigenvalue weighted by Gasteiger charge is -2.33. The van der Waals surface area contributed by atoms with Crippen molar-refractivity contribution in [2.24, 2.45) is 5.92 Å². The molecule has 2 heterocycles. The van der Waals surface area contributed by atoms with Gasteiger partial charge in [-0.2, -0.15) is 5.10 Å². The predicted molar refractivity (Wildman–Crippen MR) is 96.3 cm³/mol. The summed E-state index contributed by atoms with van der Waals surface area (Å²) < 4.78 is 0. The summed E-state index contributed by atoms with van der Waals surface area (Å²) in [6.45, 7) is 5.70. The Labute approximate surface area is 143 Å². The fourth-order valence-electron chi connectivity index (χ4n) is 3.58. The molecule has 1 amide bonds. The maximum Gasteiger partial charge on any atom is 0.220 e. The molecule has 0 fully saturated rings. The second-order valence-electron chi connectivity index (χ2n) is 6.80. The number of nitrogens with zero attached hydrogens (tertiary/aromatic N) is 2. The Morgan fingerprint density at radius 1 is 1.38 bits per heavy atom. The van der Waals surface area contributed by atoms with Crippen molar-refractivity contribution in [3.05, 3.63) is 46.8 Å². The number of carbonyl (C=O) groups excluding carboxylic acids is 1. The van der Waals surface area contributed by atoms with E-state index in [0.29, 0.717) is 12.3 Å². The molecule has 2 aromatic rings. The first-order valence-electron chi connectivity index (χ1n) is 8.60. The number of benzene rings is 1. The average molecular weight is 326 g/mol. The molecule has 0 spiro atoms. The number of H-pyrrole nitrogens is 1. The standard InChI is InChI=1S/C19H26N4O/c1-13-17(14(2)22-21-13)8-9-19(24)20-11-15-10-16-6-4-5-7-18(16)23(3)12-15/h4-7,15H,8-12H2,1-3H3,(H,20,24)(H,21,22). The van der Waals surface area contributed by atoms with E-state index in [9.17, 15) is 4.79 Å². The lowest BCUT2D eigenvalue weighted by molar-refractivity contribution is -0.121. The van der Waals surface area contributed by atoms with E-state index < -0.39 is 0 Å². The minimum atomic E-state index is 0.122. The van der Waals surface area contributed by atoms with Crippen LogP contribution >= 0.6 is 0 Å². The van der Waals surface area contributed by atoms with Crippen LogP contribution in [0, 0.1) is 19.8 Å². The quantitative estimate of drug-likeness (QED) is 0.887. The van der Waals surface area contributed by atoms with Crippen LogP contribution in [0.5, 0.6) is 0 Å². The van der Waals surface area contributed by atoms with E-state index in [-0.39, 0.29) is 5.91 Å². The summed E-state index contributed by atoms with van der Waals surface area (Å²) in [5.74, 6) is 0.586. The summed E-state index contributed by atoms with van der Waals surface area (Å²) in [5, 5.41) is 10.3. The molecule has 1 atom stereocenters. The van der Waals surface area contributed by atoms with Crippen LogP contribution in [0.3, 0.4) is 0 Å². The van der Waals surface area contributed by atoms with Gasteiger partial charge in [0.2, 0.25) is 5.91 Å². The van der Waals surface area contributed by atoms with Crippen LogP contribution in [-0.4, -0.2) is 36.2 Å². The average Bonchev–Trinajstić information content (AvgIpc) is 2.89. The third kappa shape index (κ3) is 3.61. The number of amides is 1. The molecule has 0 bridgehead atoms. The van der Waals surface area contributed by atoms with Gasteiger partial charge in [0.1, 0.15) is 0 Å². The maximum absolute atomic E-state index is 12.2. The molecule has 1 aliphatic rings. The second kappa shape index (κ2) is 7.07. The summed E-state index contributed by atoms with van der Waals surface area (Å²) >= 11 is 0. The Morgan fingerprint density at radius 2 is 2.17 bits per heavy atom. The Morgan fingerprint density at radius 3 is 2.92 bits per heavy atom. The number of anilines is 1. The summed E-state index contributed by atoms with van der Waals surface area (Å²) in [5.41, 5.74) is 5.90. The summed E-state index contributed by atoms with van der Waals surface area (Å²) in [6.07, 6.45) is 2.29. The first-order chi connectivity index (χ1) is 11.5. The molecule has 1 aliphatic heterocycles. The molecule has 5 nitrogen and oxygen atoms in total. The van der Waals surface area contributed by atoms with Crippen LogP contribution in [0.2, 0.25) is 0 Å². The van der Waals surface area contributed by atoms with E-state index >= 15 is 0 Å². The topological polar surface area (TPSA) is 61.0 Å². The van der Waals surface area contributed by atoms with E-state index in [1.54, 1.807) is 0 Å². The number of rotatable bonds is 5. The van der Waals surface area contributed by atoms with Gasteiger partial charge < -0.3 is 10.2 Å². The van der Waals surface area contributed by atoms with E-state index in [1.165, 1.54) is 11.3 Å². The number of fused-ring (bicyclic) bond motifs is 1. The number of aryl methyl sites for hydroxylation is 2. The molecule has 0 saturated heterocycles. The van der Waals surface area contributed by atoms with Crippen molar-refractivity contribution < 1.29 is 4.79 Å². The predicted octanol–water partition coefficient (Wildman–Crippen LogP) is 2.38. The third-order valence-electron chi connectivity index (χ3n) is 4.91. The number of carbonyl (C=O) groups is 1. The van der Waals surface area contributed by atoms with Gasteiger partial charge in [-0.15, -0.1) is 0 Å². The number of aromatic amines is 1. The van der Waals surface area contributed by atoms with Gasteiger partial charge in [0.15, 0.2) is 0 Å². The smallest absolute Gasteiger partial charge is 0.220 e. The van der Waals surface area contributed by atoms with E-state index in [1.807, 2.05) is 13.8 Å². The summed E-state index contributed by atoms with van der Waals surface area (Å²) in [4.78, 5) is 14.5. The normalized spacial score (nSPS) is 16.8. The van der Waals surface area contributed by atoms with Gasteiger partial charge in [-0.3, -0.25) is 9.89 Å². The van der Waals surface area contributed by atoms with Crippen molar-refractivity contribution in [2.45, 2.75) is 33.1 Å². The van der Waals surface area contributed by atoms with Gasteiger partial charge in [-0.25, -0.2) is 0 Å². The first kappa shape index (κ1) is 16.6. The van der Waals surface area contributed by atoms with Crippen LogP contribution in [0.1, 0.15) is 28.9 Å². The van der Waals surface area contributed by atoms with Crippen molar-refractivity contribution in [1.29, 1.82) is 0 Å². The maximum atomic E-state index is 12.2. The van der Waals surface area contributed by atoms with Crippen molar-refractivity contribution in [3.8, 4) is 0 Å². The number of hydrogen-bond donors (Lipinski definition) is 2. The van der Waals surface area contributed by atoms with Crippen LogP contribution in [0.25, 0.3) is 0 Å². The molecule has 0 radical (unpaired) electrons. The third-order valence-corrected chi connectivity index (χ3v) is 4.91. The minimum absolute atomic E-state index is 0.122. The lowest BCUT2D eigenvalue weighted by Crippen LogP contribution is -2.39. The van der Waals surface area contributed by atoms with Crippen molar-refractivity contribution in [3.63, 3.8) is 0 Å². The molecule has 128 valence electrons. The molecule has 24 heavy (non-hydrogen) atoms. The van der Waals surface area contributed by atoms with E-state index in [2.05, 4.69) is 51.7 Å². The van der Waals surface area contributed by atoms with E-state index in [0.717, 1.165) is 42.9 Å². The highest BCUT2D eigenvalue weighted by Gasteiger charge is 2.22. The summed E-state index contributed by atoms with van der Waals surface area (Å²) in [6, 6.07) is 8.52. The van der Waals surface area contributed by atoms with Crippen molar-refractivity contribution in [1.82, 2.24) is 15.5 Å². The molecule has 1 aromatic heterocycles. The number of hydrogen-bond acceptors (Lipinski definition) is 3. The molecule has 0 saturated carbocycles. The SMILES string of the molecule is Cc1n[nH]c(C)c1CCC(=O)NCC1Cc2ccccc2N(C)C1. The number of para-hydroxylation sites is 1. The zero-order valence-electron chi connectivity index (χ0n) is 14.7. The fourth-order valence-corrected chi connectivity index (χ4v) is 3.58. The lowest BCUT2D eigenvalue weighted by atomic mass is 9.92. The molecule has 1 aromatic carbocycles. The van der Waals surface area contributed by atoms with Gasteiger partial charge in [0.05, 0.1) is 5.69 Å². The molecular formula is C19H26N4O. The van der Waals surface area contributed by atoms with Gasteiger partial charge in [0.25, 0.3) is 0 Å². The monoisotopic (exact) mass is 326 g/mol. The zero-order valence-corrected chi connectivity index (χ0v) is 14.7. The highest BCUT2D eigenvalue weighted by atomic mass is 16.1. The number of aromatic nitrogens is 2. The van der Waals surface area contributed by atoms with Crippen LogP contribution < -0.4 is 10.2 Å². The summed E-state index contributed by atoms with van der Waals surface area (Å²) in [7, 11) is 2.12. The molecule has 5 heteroatoms. The Hall–Kier alpha value is -2.30. The molecule has 3 rings (SSSR count). The highest BCUT2D eigenvalue weighted by Crippen LogP contribution is 2.27. The van der Waals surface area contributed by atoms with E-state index in [4.69, 9.17) is 0 Å². The molecule has 0 aliphatic carbocycles. The highest BCUT2D eigenvalue weighted by molar-refractivity contribution is 5.76. The van der Waals surface area contributed by atoms with Crippen molar-refractivity contribution in [2.75, 3.05) is 25.0 Å². The molecule has 1 unspecified atom stereocenters. The van der Waals surface area contributed by atoms with Crippen LogP contribution in [0.15, 0.2) is 24.3 Å². The zero-order chi connectivity index (χ0) is 17.1. The van der Waals surface area contributed by atoms with Gasteiger partial charge >= 0.3 is 0 Å². The molecule has 2 N–H and O–H groups in total. The number of nitrogens with one attached hydrogen (secondary N) is 2. The Balaban J connectivity index is 1.49. The molecular weight excluding hydrogens is 300 g/mol. The van der Waals surface area contributed by atoms with Crippen molar-refractivity contribution >= 4 is 11.6 Å². The van der Waals surface area contributed by atoms with Gasteiger partial charge in [-0.1, -0.05) is 18.2 Å². The largest absolute Gasteiger partial charge is 0.374 e. The Bertz CT molecular complexity index is 702. The van der Waals surface area contributed by atoms with Crippen LogP contribution in [-0.2, 0) is 17.6 Å². The minimum Gasteiger partial charge on any atom is -0.374 e. The fraction of sp³-hybridized carbons (Fsp3) is 0.474. The Kier molecular flexibility index (Phi) is 4.88. The van der Waals surface area contributed by atoms with Gasteiger partial charge in [0, 0.05) is 37.9 Å². The second-order valence-corrected chi connectivity index (χ2v) is 6.80. The van der Waals surface area contributed by atoms with Gasteiger partial charge in [-0.05, 0) is 49.8 Å². The van der Waals surface area contributed by atoms with Crippen LogP contribution in [0.4, 0.5) is 5.69 Å².